The minimum Gasteiger partial charge on any atom is -0.760 e. The number of carbonyl (C=O) groups is 3. The summed E-state index contributed by atoms with van der Waals surface area (Å²) in [5, 5.41) is 19.4. The number of nitrogens with zero attached hydrogens (tertiary/aromatic N) is 1. The Bertz CT molecular complexity index is 614. The van der Waals surface area contributed by atoms with Crippen molar-refractivity contribution in [3.8, 4) is 0 Å². The molecule has 0 spiro atoms. The fourth-order valence-electron chi connectivity index (χ4n) is 1.56. The van der Waals surface area contributed by atoms with Gasteiger partial charge in [0.2, 0.25) is 0 Å². The Labute approximate surface area is 132 Å². The van der Waals surface area contributed by atoms with Crippen molar-refractivity contribution in [2.75, 3.05) is 11.9 Å². The van der Waals surface area contributed by atoms with Crippen LogP contribution in [0.25, 0.3) is 0 Å². The normalized spacial score (nSPS) is 12.1. The molecule has 3 N–H and O–H groups in total. The van der Waals surface area contributed by atoms with E-state index in [0.29, 0.717) is 11.3 Å². The van der Waals surface area contributed by atoms with Crippen molar-refractivity contribution in [3.63, 3.8) is 0 Å². The van der Waals surface area contributed by atoms with Crippen molar-refractivity contribution in [2.45, 2.75) is 19.9 Å². The molecule has 1 aromatic rings. The molecule has 0 aliphatic rings. The Morgan fingerprint density at radius 2 is 2.05 bits per heavy atom. The lowest BCUT2D eigenvalue weighted by molar-refractivity contribution is -0.147. The molecule has 22 heavy (non-hydrogen) atoms. The fraction of sp³-hybridized carbons (Fsp3) is 0.364. The summed E-state index contributed by atoms with van der Waals surface area (Å²) in [5.41, 5.74) is -0.289. The summed E-state index contributed by atoms with van der Waals surface area (Å²) in [6, 6.07) is 1.21. The van der Waals surface area contributed by atoms with Gasteiger partial charge in [-0.2, -0.15) is 0 Å². The van der Waals surface area contributed by atoms with Gasteiger partial charge in [0.1, 0.15) is 5.00 Å². The van der Waals surface area contributed by atoms with Crippen LogP contribution in [0.3, 0.4) is 0 Å². The van der Waals surface area contributed by atoms with Gasteiger partial charge in [0, 0.05) is 29.2 Å². The van der Waals surface area contributed by atoms with E-state index in [1.54, 1.807) is 6.92 Å². The first-order valence-corrected chi connectivity index (χ1v) is 7.85. The summed E-state index contributed by atoms with van der Waals surface area (Å²) >= 11 is -1.65. The standard InChI is InChI=1S/C11H14N2O7S2/c1-2-3-13(22(19)20)5-6-4-7(10(15)16)9(21-6)12-8(14)11(17)18/h4H,2-3,5H2,1H3,(H,12,14)(H,15,16)(H,17,18)(H,19,20)/p-1. The van der Waals surface area contributed by atoms with Gasteiger partial charge in [-0.05, 0) is 12.5 Å². The van der Waals surface area contributed by atoms with Crippen LogP contribution in [0, 0.1) is 0 Å². The molecule has 0 aromatic carbocycles. The molecular weight excluding hydrogens is 336 g/mol. The van der Waals surface area contributed by atoms with Crippen molar-refractivity contribution >= 4 is 45.5 Å². The van der Waals surface area contributed by atoms with Crippen molar-refractivity contribution in [2.24, 2.45) is 0 Å². The second-order valence-electron chi connectivity index (χ2n) is 4.10. The minimum atomic E-state index is -2.47. The lowest BCUT2D eigenvalue weighted by Gasteiger charge is -2.22. The van der Waals surface area contributed by atoms with Crippen molar-refractivity contribution in [1.29, 1.82) is 0 Å². The van der Waals surface area contributed by atoms with Gasteiger partial charge in [-0.1, -0.05) is 6.92 Å². The molecule has 1 aromatic heterocycles. The molecule has 9 nitrogen and oxygen atoms in total. The zero-order valence-corrected chi connectivity index (χ0v) is 13.0. The molecule has 1 heterocycles. The number of aromatic carboxylic acids is 1. The first kappa shape index (κ1) is 18.2. The highest BCUT2D eigenvalue weighted by Crippen LogP contribution is 2.29. The number of anilines is 1. The molecule has 0 aliphatic heterocycles. The molecule has 1 amide bonds. The van der Waals surface area contributed by atoms with Crippen LogP contribution in [0.5, 0.6) is 0 Å². The van der Waals surface area contributed by atoms with Gasteiger partial charge in [0.25, 0.3) is 0 Å². The number of hydrogen-bond acceptors (Lipinski definition) is 6. The SMILES string of the molecule is CCCN(Cc1cc(C(=O)O)c(NC(=O)C(=O)O)s1)S(=O)[O-]. The average molecular weight is 349 g/mol. The highest BCUT2D eigenvalue weighted by Gasteiger charge is 2.21. The van der Waals surface area contributed by atoms with Crippen LogP contribution < -0.4 is 5.32 Å². The Morgan fingerprint density at radius 3 is 2.50 bits per heavy atom. The maximum atomic E-state index is 11.1. The summed E-state index contributed by atoms with van der Waals surface area (Å²) in [4.78, 5) is 33.1. The first-order chi connectivity index (χ1) is 10.3. The van der Waals surface area contributed by atoms with E-state index in [1.807, 2.05) is 5.32 Å². The minimum absolute atomic E-state index is 0.0577. The van der Waals surface area contributed by atoms with Crippen molar-refractivity contribution in [3.05, 3.63) is 16.5 Å². The number of nitrogens with one attached hydrogen (secondary N) is 1. The van der Waals surface area contributed by atoms with E-state index in [4.69, 9.17) is 10.2 Å². The lowest BCUT2D eigenvalue weighted by atomic mass is 10.3. The van der Waals surface area contributed by atoms with E-state index < -0.39 is 29.1 Å². The first-order valence-electron chi connectivity index (χ1n) is 6.00. The maximum Gasteiger partial charge on any atom is 0.394 e. The van der Waals surface area contributed by atoms with Crippen LogP contribution in [0.4, 0.5) is 5.00 Å². The summed E-state index contributed by atoms with van der Waals surface area (Å²) in [6.07, 6.45) is 0.577. The van der Waals surface area contributed by atoms with Gasteiger partial charge in [-0.15, -0.1) is 11.3 Å². The van der Waals surface area contributed by atoms with E-state index in [0.717, 1.165) is 15.6 Å². The molecule has 1 atom stereocenters. The molecule has 0 saturated heterocycles. The predicted octanol–water partition coefficient (Wildman–Crippen LogP) is 0.475. The molecule has 0 aliphatic carbocycles. The number of thiophene rings is 1. The van der Waals surface area contributed by atoms with Gasteiger partial charge in [0.15, 0.2) is 0 Å². The second-order valence-corrected chi connectivity index (χ2v) is 6.19. The monoisotopic (exact) mass is 349 g/mol. The summed E-state index contributed by atoms with van der Waals surface area (Å²) in [5.74, 6) is -4.47. The number of aliphatic carboxylic acids is 1. The number of carboxylic acid groups (broad SMARTS) is 2. The van der Waals surface area contributed by atoms with Crippen LogP contribution in [0.1, 0.15) is 28.6 Å². The van der Waals surface area contributed by atoms with E-state index in [1.165, 1.54) is 6.07 Å². The zero-order valence-electron chi connectivity index (χ0n) is 11.4. The summed E-state index contributed by atoms with van der Waals surface area (Å²) < 4.78 is 23.2. The summed E-state index contributed by atoms with van der Waals surface area (Å²) in [6.45, 7) is 1.99. The number of rotatable bonds is 7. The van der Waals surface area contributed by atoms with Crippen LogP contribution >= 0.6 is 11.3 Å². The molecular formula is C11H13N2O7S2-. The quantitative estimate of drug-likeness (QED) is 0.479. The largest absolute Gasteiger partial charge is 0.760 e. The third-order valence-corrected chi connectivity index (χ3v) is 4.22. The van der Waals surface area contributed by atoms with Gasteiger partial charge in [-0.25, -0.2) is 13.9 Å². The number of carboxylic acids is 2. The Kier molecular flexibility index (Phi) is 6.61. The molecule has 122 valence electrons. The molecule has 0 fully saturated rings. The fourth-order valence-corrected chi connectivity index (χ4v) is 3.27. The Balaban J connectivity index is 3.03. The van der Waals surface area contributed by atoms with Gasteiger partial charge < -0.3 is 20.1 Å². The van der Waals surface area contributed by atoms with Crippen LogP contribution in [0.15, 0.2) is 6.07 Å². The lowest BCUT2D eigenvalue weighted by Crippen LogP contribution is -2.25. The molecule has 0 saturated carbocycles. The van der Waals surface area contributed by atoms with Crippen LogP contribution in [-0.4, -0.2) is 47.7 Å². The number of carbonyl (C=O) groups excluding carboxylic acids is 1. The Hall–Kier alpha value is -1.82. The maximum absolute atomic E-state index is 11.1. The van der Waals surface area contributed by atoms with E-state index in [-0.39, 0.29) is 23.7 Å². The topological polar surface area (TPSA) is 147 Å². The molecule has 0 bridgehead atoms. The number of hydrogen-bond donors (Lipinski definition) is 3. The van der Waals surface area contributed by atoms with Crippen LogP contribution in [0.2, 0.25) is 0 Å². The van der Waals surface area contributed by atoms with Gasteiger partial charge >= 0.3 is 17.8 Å². The predicted molar refractivity (Wildman–Crippen MR) is 77.2 cm³/mol. The van der Waals surface area contributed by atoms with Crippen molar-refractivity contribution in [1.82, 2.24) is 4.31 Å². The number of amides is 1. The van der Waals surface area contributed by atoms with Gasteiger partial charge in [0.05, 0.1) is 5.56 Å². The summed E-state index contributed by atoms with van der Waals surface area (Å²) in [7, 11) is 0. The van der Waals surface area contributed by atoms with Crippen LogP contribution in [-0.2, 0) is 27.4 Å². The third kappa shape index (κ3) is 4.87. The molecule has 11 heteroatoms. The molecule has 0 radical (unpaired) electrons. The average Bonchev–Trinajstić information content (AvgIpc) is 2.80. The molecule has 1 unspecified atom stereocenters. The smallest absolute Gasteiger partial charge is 0.394 e. The highest BCUT2D eigenvalue weighted by molar-refractivity contribution is 7.76. The van der Waals surface area contributed by atoms with E-state index in [9.17, 15) is 23.1 Å². The third-order valence-electron chi connectivity index (χ3n) is 2.45. The second kappa shape index (κ2) is 7.98. The molecule has 1 rings (SSSR count). The van der Waals surface area contributed by atoms with Gasteiger partial charge in [-0.3, -0.25) is 9.00 Å². The van der Waals surface area contributed by atoms with E-state index >= 15 is 0 Å². The van der Waals surface area contributed by atoms with Crippen molar-refractivity contribution < 1.29 is 33.4 Å². The Morgan fingerprint density at radius 1 is 1.41 bits per heavy atom. The van der Waals surface area contributed by atoms with E-state index in [2.05, 4.69) is 0 Å². The zero-order chi connectivity index (χ0) is 16.9. The highest BCUT2D eigenvalue weighted by atomic mass is 32.2.